The maximum atomic E-state index is 12.3. The van der Waals surface area contributed by atoms with E-state index in [1.807, 2.05) is 11.9 Å². The second-order valence-electron chi connectivity index (χ2n) is 4.84. The standard InChI is InChI=1S/C12H20N4OS2/c1-8-5-4-6-9(2)16(8)10(17)7-18-12-15-14-11(13-3)19-12/h8-9H,4-7H2,1-3H3,(H,13,14)/t8-,9+. The van der Waals surface area contributed by atoms with Gasteiger partial charge in [-0.3, -0.25) is 4.79 Å². The second-order valence-corrected chi connectivity index (χ2v) is 7.04. The molecule has 1 amide bonds. The van der Waals surface area contributed by atoms with Crippen LogP contribution in [0, 0.1) is 0 Å². The lowest BCUT2D eigenvalue weighted by Gasteiger charge is -2.39. The summed E-state index contributed by atoms with van der Waals surface area (Å²) in [6.45, 7) is 4.28. The van der Waals surface area contributed by atoms with Crippen LogP contribution in [0.4, 0.5) is 5.13 Å². The second kappa shape index (κ2) is 6.56. The molecule has 0 radical (unpaired) electrons. The molecule has 1 N–H and O–H groups in total. The van der Waals surface area contributed by atoms with Crippen molar-refractivity contribution in [2.45, 2.75) is 49.5 Å². The fourth-order valence-corrected chi connectivity index (χ4v) is 4.05. The molecule has 7 heteroatoms. The van der Waals surface area contributed by atoms with Gasteiger partial charge in [0, 0.05) is 19.1 Å². The molecular formula is C12H20N4OS2. The van der Waals surface area contributed by atoms with Crippen molar-refractivity contribution in [2.75, 3.05) is 18.1 Å². The van der Waals surface area contributed by atoms with Crippen LogP contribution in [0.5, 0.6) is 0 Å². The molecule has 19 heavy (non-hydrogen) atoms. The Morgan fingerprint density at radius 2 is 2.11 bits per heavy atom. The Kier molecular flexibility index (Phi) is 5.04. The highest BCUT2D eigenvalue weighted by Crippen LogP contribution is 2.27. The Hall–Kier alpha value is -0.820. The van der Waals surface area contributed by atoms with Crippen molar-refractivity contribution in [3.05, 3.63) is 0 Å². The number of hydrogen-bond acceptors (Lipinski definition) is 6. The number of piperidine rings is 1. The van der Waals surface area contributed by atoms with Gasteiger partial charge in [-0.15, -0.1) is 10.2 Å². The summed E-state index contributed by atoms with van der Waals surface area (Å²) in [6.07, 6.45) is 3.45. The van der Waals surface area contributed by atoms with Crippen molar-refractivity contribution < 1.29 is 4.79 Å². The van der Waals surface area contributed by atoms with Crippen molar-refractivity contribution in [1.29, 1.82) is 0 Å². The predicted molar refractivity (Wildman–Crippen MR) is 79.8 cm³/mol. The zero-order valence-corrected chi connectivity index (χ0v) is 13.2. The van der Waals surface area contributed by atoms with Crippen LogP contribution in [0.1, 0.15) is 33.1 Å². The van der Waals surface area contributed by atoms with E-state index in [1.165, 1.54) is 29.5 Å². The fraction of sp³-hybridized carbons (Fsp3) is 0.750. The number of rotatable bonds is 4. The van der Waals surface area contributed by atoms with E-state index < -0.39 is 0 Å². The van der Waals surface area contributed by atoms with Crippen molar-refractivity contribution in [3.63, 3.8) is 0 Å². The number of carbonyl (C=O) groups excluding carboxylic acids is 1. The van der Waals surface area contributed by atoms with Crippen molar-refractivity contribution in [1.82, 2.24) is 15.1 Å². The first-order chi connectivity index (χ1) is 9.11. The van der Waals surface area contributed by atoms with Crippen molar-refractivity contribution in [3.8, 4) is 0 Å². The Morgan fingerprint density at radius 3 is 2.68 bits per heavy atom. The average Bonchev–Trinajstić information content (AvgIpc) is 2.84. The molecular weight excluding hydrogens is 280 g/mol. The number of amides is 1. The first-order valence-electron chi connectivity index (χ1n) is 6.57. The van der Waals surface area contributed by atoms with Crippen LogP contribution in [0.2, 0.25) is 0 Å². The lowest BCUT2D eigenvalue weighted by atomic mass is 9.98. The number of likely N-dealkylation sites (tertiary alicyclic amines) is 1. The predicted octanol–water partition coefficient (Wildman–Crippen LogP) is 2.46. The molecule has 0 unspecified atom stereocenters. The van der Waals surface area contributed by atoms with E-state index in [9.17, 15) is 4.79 Å². The lowest BCUT2D eigenvalue weighted by molar-refractivity contribution is -0.134. The summed E-state index contributed by atoms with van der Waals surface area (Å²) in [5.74, 6) is 0.665. The Morgan fingerprint density at radius 1 is 1.42 bits per heavy atom. The molecule has 2 atom stereocenters. The van der Waals surface area contributed by atoms with Crippen LogP contribution in [0.15, 0.2) is 4.34 Å². The molecule has 2 rings (SSSR count). The van der Waals surface area contributed by atoms with E-state index >= 15 is 0 Å². The summed E-state index contributed by atoms with van der Waals surface area (Å²) >= 11 is 2.96. The van der Waals surface area contributed by atoms with Gasteiger partial charge in [-0.2, -0.15) is 0 Å². The van der Waals surface area contributed by atoms with Gasteiger partial charge < -0.3 is 10.2 Å². The number of nitrogens with one attached hydrogen (secondary N) is 1. The monoisotopic (exact) mass is 300 g/mol. The lowest BCUT2D eigenvalue weighted by Crippen LogP contribution is -2.48. The molecule has 1 saturated heterocycles. The van der Waals surface area contributed by atoms with Gasteiger partial charge in [0.1, 0.15) is 0 Å². The van der Waals surface area contributed by atoms with Gasteiger partial charge >= 0.3 is 0 Å². The first kappa shape index (κ1) is 14.6. The van der Waals surface area contributed by atoms with E-state index in [2.05, 4.69) is 29.4 Å². The highest BCUT2D eigenvalue weighted by Gasteiger charge is 2.28. The van der Waals surface area contributed by atoms with Gasteiger partial charge in [0.2, 0.25) is 11.0 Å². The quantitative estimate of drug-likeness (QED) is 0.866. The third-order valence-electron chi connectivity index (χ3n) is 3.42. The summed E-state index contributed by atoms with van der Waals surface area (Å²) in [5, 5.41) is 11.7. The van der Waals surface area contributed by atoms with Gasteiger partial charge in [-0.25, -0.2) is 0 Å². The number of anilines is 1. The van der Waals surface area contributed by atoms with E-state index in [0.717, 1.165) is 22.3 Å². The molecule has 106 valence electrons. The Labute approximate surface area is 122 Å². The summed E-state index contributed by atoms with van der Waals surface area (Å²) < 4.78 is 0.843. The maximum absolute atomic E-state index is 12.3. The molecule has 5 nitrogen and oxygen atoms in total. The summed E-state index contributed by atoms with van der Waals surface area (Å²) in [6, 6.07) is 0.721. The van der Waals surface area contributed by atoms with Gasteiger partial charge in [-0.1, -0.05) is 23.1 Å². The van der Waals surface area contributed by atoms with E-state index in [0.29, 0.717) is 17.8 Å². The molecule has 0 saturated carbocycles. The van der Waals surface area contributed by atoms with Crippen LogP contribution in [0.3, 0.4) is 0 Å². The molecule has 1 fully saturated rings. The van der Waals surface area contributed by atoms with Gasteiger partial charge in [0.05, 0.1) is 5.75 Å². The number of aromatic nitrogens is 2. The smallest absolute Gasteiger partial charge is 0.233 e. The highest BCUT2D eigenvalue weighted by atomic mass is 32.2. The van der Waals surface area contributed by atoms with Crippen LogP contribution in [0.25, 0.3) is 0 Å². The van der Waals surface area contributed by atoms with E-state index in [-0.39, 0.29) is 5.91 Å². The molecule has 1 aliphatic rings. The maximum Gasteiger partial charge on any atom is 0.233 e. The molecule has 0 aromatic carbocycles. The number of hydrogen-bond donors (Lipinski definition) is 1. The molecule has 2 heterocycles. The molecule has 1 aliphatic heterocycles. The van der Waals surface area contributed by atoms with Crippen molar-refractivity contribution in [2.24, 2.45) is 0 Å². The van der Waals surface area contributed by atoms with Crippen LogP contribution < -0.4 is 5.32 Å². The SMILES string of the molecule is CNc1nnc(SCC(=O)N2[C@H](C)CCC[C@@H]2C)s1. The molecule has 0 aliphatic carbocycles. The van der Waals surface area contributed by atoms with Gasteiger partial charge in [-0.05, 0) is 33.1 Å². The summed E-state index contributed by atoms with van der Waals surface area (Å²) in [7, 11) is 1.82. The number of nitrogens with zero attached hydrogens (tertiary/aromatic N) is 3. The van der Waals surface area contributed by atoms with E-state index in [4.69, 9.17) is 0 Å². The first-order valence-corrected chi connectivity index (χ1v) is 8.37. The minimum Gasteiger partial charge on any atom is -0.363 e. The van der Waals surface area contributed by atoms with Gasteiger partial charge in [0.25, 0.3) is 0 Å². The molecule has 1 aromatic rings. The average molecular weight is 300 g/mol. The van der Waals surface area contributed by atoms with Crippen molar-refractivity contribution >= 4 is 34.1 Å². The third-order valence-corrected chi connectivity index (χ3v) is 5.48. The Balaban J connectivity index is 1.89. The topological polar surface area (TPSA) is 58.1 Å². The molecule has 0 spiro atoms. The highest BCUT2D eigenvalue weighted by molar-refractivity contribution is 8.01. The largest absolute Gasteiger partial charge is 0.363 e. The zero-order valence-electron chi connectivity index (χ0n) is 11.5. The fourth-order valence-electron chi connectivity index (χ4n) is 2.48. The molecule has 1 aromatic heterocycles. The van der Waals surface area contributed by atoms with E-state index in [1.54, 1.807) is 0 Å². The minimum absolute atomic E-state index is 0.214. The molecule has 0 bridgehead atoms. The summed E-state index contributed by atoms with van der Waals surface area (Å²) in [4.78, 5) is 14.4. The number of carbonyl (C=O) groups is 1. The van der Waals surface area contributed by atoms with Crippen LogP contribution >= 0.6 is 23.1 Å². The third kappa shape index (κ3) is 3.60. The van der Waals surface area contributed by atoms with Gasteiger partial charge in [0.15, 0.2) is 4.34 Å². The zero-order chi connectivity index (χ0) is 13.8. The normalized spacial score (nSPS) is 23.4. The minimum atomic E-state index is 0.214. The van der Waals surface area contributed by atoms with Crippen LogP contribution in [-0.2, 0) is 4.79 Å². The Bertz CT molecular complexity index is 427. The van der Waals surface area contributed by atoms with Crippen LogP contribution in [-0.4, -0.2) is 45.9 Å². The number of thioether (sulfide) groups is 1. The summed E-state index contributed by atoms with van der Waals surface area (Å²) in [5.41, 5.74) is 0.